The Morgan fingerprint density at radius 1 is 0.436 bits per heavy atom. The highest BCUT2D eigenvalue weighted by Gasteiger charge is 2.09. The molecule has 0 aliphatic carbocycles. The van der Waals surface area contributed by atoms with E-state index in [1.807, 2.05) is 6.07 Å². The maximum absolute atomic E-state index is 4.23. The summed E-state index contributed by atoms with van der Waals surface area (Å²) in [4.78, 5) is 0. The fourth-order valence-electron chi connectivity index (χ4n) is 5.03. The zero-order chi connectivity index (χ0) is 26.4. The standard InChI is InChI=1S/C38H29N/c1-28-12-8-10-18-35(28)36-19-11-9-17-33(36)27-39-34-24-25-37(38(26-34)31-15-6-3-7-16-31)32-22-20-30(21-23-32)29-13-4-2-5-14-29/h2-27,39H,1H2/b33-27+,36-35-. The molecular formula is C38H29N. The molecule has 1 heteroatoms. The molecule has 186 valence electrons. The van der Waals surface area contributed by atoms with E-state index in [0.717, 1.165) is 26.6 Å². The van der Waals surface area contributed by atoms with Gasteiger partial charge in [-0.2, -0.15) is 0 Å². The van der Waals surface area contributed by atoms with Gasteiger partial charge in [-0.25, -0.2) is 0 Å². The van der Waals surface area contributed by atoms with Gasteiger partial charge in [-0.15, -0.1) is 0 Å². The van der Waals surface area contributed by atoms with Gasteiger partial charge in [0.25, 0.3) is 0 Å². The van der Waals surface area contributed by atoms with Crippen molar-refractivity contribution in [3.8, 4) is 33.4 Å². The first-order valence-electron chi connectivity index (χ1n) is 13.2. The molecule has 6 aromatic carbocycles. The highest BCUT2D eigenvalue weighted by atomic mass is 14.8. The smallest absolute Gasteiger partial charge is 0.0386 e. The number of anilines is 1. The van der Waals surface area contributed by atoms with E-state index in [4.69, 9.17) is 0 Å². The van der Waals surface area contributed by atoms with Gasteiger partial charge in [-0.3, -0.25) is 0 Å². The summed E-state index contributed by atoms with van der Waals surface area (Å²) >= 11 is 0. The molecule has 1 N–H and O–H groups in total. The summed E-state index contributed by atoms with van der Waals surface area (Å²) in [5.74, 6) is 0. The van der Waals surface area contributed by atoms with E-state index in [1.165, 1.54) is 33.4 Å². The molecule has 6 rings (SSSR count). The molecule has 0 unspecified atom stereocenters. The zero-order valence-corrected chi connectivity index (χ0v) is 21.7. The Morgan fingerprint density at radius 3 is 1.69 bits per heavy atom. The molecule has 0 bridgehead atoms. The molecule has 0 aliphatic heterocycles. The second kappa shape index (κ2) is 11.1. The summed E-state index contributed by atoms with van der Waals surface area (Å²) in [5, 5.41) is 8.01. The number of benzene rings is 6. The van der Waals surface area contributed by atoms with Gasteiger partial charge >= 0.3 is 0 Å². The molecule has 0 atom stereocenters. The average molecular weight is 500 g/mol. The monoisotopic (exact) mass is 499 g/mol. The first-order valence-corrected chi connectivity index (χ1v) is 13.2. The Kier molecular flexibility index (Phi) is 6.88. The van der Waals surface area contributed by atoms with Crippen LogP contribution in [0.5, 0.6) is 0 Å². The van der Waals surface area contributed by atoms with E-state index in [-0.39, 0.29) is 0 Å². The topological polar surface area (TPSA) is 12.0 Å². The van der Waals surface area contributed by atoms with Crippen molar-refractivity contribution in [3.05, 3.63) is 173 Å². The van der Waals surface area contributed by atoms with Crippen molar-refractivity contribution >= 4 is 18.5 Å². The van der Waals surface area contributed by atoms with Crippen LogP contribution in [-0.4, -0.2) is 0 Å². The van der Waals surface area contributed by atoms with Crippen LogP contribution in [0.3, 0.4) is 0 Å². The van der Waals surface area contributed by atoms with Crippen LogP contribution in [0.1, 0.15) is 0 Å². The zero-order valence-electron chi connectivity index (χ0n) is 21.7. The summed E-state index contributed by atoms with van der Waals surface area (Å²) in [6, 6.07) is 53.2. The fraction of sp³-hybridized carbons (Fsp3) is 0. The molecule has 0 heterocycles. The van der Waals surface area contributed by atoms with Crippen LogP contribution < -0.4 is 15.8 Å². The van der Waals surface area contributed by atoms with E-state index in [1.54, 1.807) is 0 Å². The van der Waals surface area contributed by atoms with Crippen LogP contribution in [0.2, 0.25) is 0 Å². The SMILES string of the molecule is C=c1cccc/c1=c1\cccc\c1=C/Nc1ccc(-c2ccc(-c3ccccc3)cc2)c(-c2ccccc2)c1. The lowest BCUT2D eigenvalue weighted by molar-refractivity contribution is 1.40. The summed E-state index contributed by atoms with van der Waals surface area (Å²) in [6.07, 6.45) is 2.08. The van der Waals surface area contributed by atoms with Crippen LogP contribution in [0.15, 0.2) is 152 Å². The van der Waals surface area contributed by atoms with E-state index in [9.17, 15) is 0 Å². The lowest BCUT2D eigenvalue weighted by Crippen LogP contribution is -2.10. The minimum absolute atomic E-state index is 1.02. The lowest BCUT2D eigenvalue weighted by atomic mass is 9.93. The van der Waals surface area contributed by atoms with E-state index < -0.39 is 0 Å². The third-order valence-corrected chi connectivity index (χ3v) is 7.07. The van der Waals surface area contributed by atoms with Crippen molar-refractivity contribution < 1.29 is 0 Å². The van der Waals surface area contributed by atoms with E-state index >= 15 is 0 Å². The van der Waals surface area contributed by atoms with Crippen molar-refractivity contribution in [1.29, 1.82) is 0 Å². The summed E-state index contributed by atoms with van der Waals surface area (Å²) < 4.78 is 0. The van der Waals surface area contributed by atoms with Gasteiger partial charge in [-0.1, -0.05) is 146 Å². The predicted octanol–water partition coefficient (Wildman–Crippen LogP) is 8.23. The maximum Gasteiger partial charge on any atom is 0.0386 e. The minimum Gasteiger partial charge on any atom is -0.361 e. The number of nitrogens with one attached hydrogen (secondary N) is 1. The Hall–Kier alpha value is -5.14. The Labute approximate surface area is 229 Å². The third-order valence-electron chi connectivity index (χ3n) is 7.07. The first-order chi connectivity index (χ1) is 19.3. The highest BCUT2D eigenvalue weighted by Crippen LogP contribution is 2.35. The number of rotatable bonds is 5. The minimum atomic E-state index is 1.02. The molecule has 1 nitrogen and oxygen atoms in total. The van der Waals surface area contributed by atoms with Gasteiger partial charge in [0, 0.05) is 11.9 Å². The molecule has 0 saturated heterocycles. The van der Waals surface area contributed by atoms with Gasteiger partial charge in [-0.05, 0) is 66.4 Å². The number of hydrogen-bond acceptors (Lipinski definition) is 1. The van der Waals surface area contributed by atoms with Crippen molar-refractivity contribution in [1.82, 2.24) is 0 Å². The van der Waals surface area contributed by atoms with Crippen LogP contribution >= 0.6 is 0 Å². The van der Waals surface area contributed by atoms with Gasteiger partial charge in [0.05, 0.1) is 0 Å². The van der Waals surface area contributed by atoms with Crippen LogP contribution in [-0.2, 0) is 0 Å². The predicted molar refractivity (Wildman–Crippen MR) is 166 cm³/mol. The van der Waals surface area contributed by atoms with E-state index in [2.05, 4.69) is 164 Å². The largest absolute Gasteiger partial charge is 0.361 e. The molecule has 0 aliphatic rings. The van der Waals surface area contributed by atoms with Gasteiger partial charge in [0.2, 0.25) is 0 Å². The van der Waals surface area contributed by atoms with Gasteiger partial charge < -0.3 is 5.32 Å². The summed E-state index contributed by atoms with van der Waals surface area (Å²) in [6.45, 7) is 4.23. The molecule has 0 saturated carbocycles. The molecule has 6 aromatic rings. The van der Waals surface area contributed by atoms with Crippen LogP contribution in [0.25, 0.3) is 46.2 Å². The second-order valence-corrected chi connectivity index (χ2v) is 9.60. The maximum atomic E-state index is 4.23. The first kappa shape index (κ1) is 24.2. The fourth-order valence-corrected chi connectivity index (χ4v) is 5.03. The molecule has 39 heavy (non-hydrogen) atoms. The molecule has 0 fully saturated rings. The van der Waals surface area contributed by atoms with Gasteiger partial charge in [0.1, 0.15) is 0 Å². The highest BCUT2D eigenvalue weighted by molar-refractivity contribution is 5.87. The molecular weight excluding hydrogens is 470 g/mol. The van der Waals surface area contributed by atoms with Crippen molar-refractivity contribution in [2.45, 2.75) is 0 Å². The lowest BCUT2D eigenvalue weighted by Gasteiger charge is -2.14. The Bertz CT molecular complexity index is 1920. The van der Waals surface area contributed by atoms with Crippen LogP contribution in [0, 0.1) is 10.4 Å². The third kappa shape index (κ3) is 5.30. The molecule has 0 spiro atoms. The normalized spacial score (nSPS) is 12.3. The Morgan fingerprint density at radius 2 is 0.974 bits per heavy atom. The van der Waals surface area contributed by atoms with Crippen LogP contribution in [0.4, 0.5) is 5.69 Å². The quantitative estimate of drug-likeness (QED) is 0.252. The molecule has 0 amide bonds. The molecule has 0 aromatic heterocycles. The Balaban J connectivity index is 1.42. The van der Waals surface area contributed by atoms with Crippen molar-refractivity contribution in [3.63, 3.8) is 0 Å². The van der Waals surface area contributed by atoms with Gasteiger partial charge in [0.15, 0.2) is 0 Å². The second-order valence-electron chi connectivity index (χ2n) is 9.60. The molecule has 0 radical (unpaired) electrons. The number of hydrogen-bond donors (Lipinski definition) is 1. The van der Waals surface area contributed by atoms with E-state index in [0.29, 0.717) is 0 Å². The van der Waals surface area contributed by atoms with Crippen molar-refractivity contribution in [2.75, 3.05) is 5.32 Å². The summed E-state index contributed by atoms with van der Waals surface area (Å²) in [7, 11) is 0. The average Bonchev–Trinajstić information content (AvgIpc) is 3.01. The van der Waals surface area contributed by atoms with Crippen molar-refractivity contribution in [2.24, 2.45) is 0 Å². The summed E-state index contributed by atoms with van der Waals surface area (Å²) in [5.41, 5.74) is 8.27.